The lowest BCUT2D eigenvalue weighted by atomic mass is 10.1. The fraction of sp³-hybridized carbons (Fsp3) is 0.278. The number of phenolic OH excluding ortho intramolecular Hbond substituents is 1. The minimum Gasteiger partial charge on any atom is -0.507 e. The molecule has 0 radical (unpaired) electrons. The van der Waals surface area contributed by atoms with Crippen LogP contribution in [0.5, 0.6) is 5.75 Å². The van der Waals surface area contributed by atoms with Gasteiger partial charge in [-0.15, -0.1) is 0 Å². The summed E-state index contributed by atoms with van der Waals surface area (Å²) in [7, 11) is 1.58. The Morgan fingerprint density at radius 3 is 2.73 bits per heavy atom. The average molecular weight is 353 g/mol. The number of nitrogens with zero attached hydrogens (tertiary/aromatic N) is 4. The lowest BCUT2D eigenvalue weighted by Crippen LogP contribution is -2.28. The molecule has 0 aliphatic carbocycles. The summed E-state index contributed by atoms with van der Waals surface area (Å²) in [5, 5.41) is 10.3. The molecule has 134 valence electrons. The Balaban J connectivity index is 2.11. The Hall–Kier alpha value is -3.29. The first-order chi connectivity index (χ1) is 12.5. The zero-order chi connectivity index (χ0) is 18.4. The van der Waals surface area contributed by atoms with Gasteiger partial charge in [0.1, 0.15) is 5.75 Å². The topological polar surface area (TPSA) is 97.3 Å². The van der Waals surface area contributed by atoms with E-state index in [1.165, 1.54) is 4.57 Å². The van der Waals surface area contributed by atoms with E-state index in [1.54, 1.807) is 29.8 Å². The second-order valence-electron chi connectivity index (χ2n) is 6.31. The van der Waals surface area contributed by atoms with Crippen LogP contribution < -0.4 is 11.2 Å². The van der Waals surface area contributed by atoms with Crippen molar-refractivity contribution in [3.63, 3.8) is 0 Å². The molecule has 3 heterocycles. The summed E-state index contributed by atoms with van der Waals surface area (Å²) in [6.45, 7) is 2.78. The third-order valence-corrected chi connectivity index (χ3v) is 4.63. The zero-order valence-corrected chi connectivity index (χ0v) is 14.6. The van der Waals surface area contributed by atoms with Gasteiger partial charge in [0.25, 0.3) is 5.56 Å². The SMILES string of the molecule is CCCCn1c(-c2ccccc2O)cn2c3c(=O)[nH]c(=O)n(C)c3nc12. The Morgan fingerprint density at radius 1 is 1.23 bits per heavy atom. The number of hydrogen-bond donors (Lipinski definition) is 2. The van der Waals surface area contributed by atoms with E-state index in [-0.39, 0.29) is 5.75 Å². The van der Waals surface area contributed by atoms with E-state index in [1.807, 2.05) is 16.7 Å². The molecule has 0 atom stereocenters. The van der Waals surface area contributed by atoms with Crippen LogP contribution in [0, 0.1) is 0 Å². The van der Waals surface area contributed by atoms with Crippen LogP contribution >= 0.6 is 0 Å². The maximum atomic E-state index is 12.4. The molecule has 4 aromatic rings. The maximum absolute atomic E-state index is 12.4. The summed E-state index contributed by atoms with van der Waals surface area (Å²) in [5.74, 6) is 0.731. The van der Waals surface area contributed by atoms with Gasteiger partial charge in [0.2, 0.25) is 5.78 Å². The molecule has 0 aliphatic rings. The second-order valence-corrected chi connectivity index (χ2v) is 6.31. The third kappa shape index (κ3) is 2.26. The van der Waals surface area contributed by atoms with Crippen molar-refractivity contribution in [1.82, 2.24) is 23.5 Å². The highest BCUT2D eigenvalue weighted by atomic mass is 16.3. The van der Waals surface area contributed by atoms with Crippen molar-refractivity contribution in [1.29, 1.82) is 0 Å². The predicted octanol–water partition coefficient (Wildman–Crippen LogP) is 1.85. The van der Waals surface area contributed by atoms with E-state index in [0.717, 1.165) is 18.5 Å². The van der Waals surface area contributed by atoms with Crippen LogP contribution in [0.3, 0.4) is 0 Å². The number of rotatable bonds is 4. The number of H-pyrrole nitrogens is 1. The Kier molecular flexibility index (Phi) is 3.68. The summed E-state index contributed by atoms with van der Waals surface area (Å²) in [5.41, 5.74) is 1.12. The first kappa shape index (κ1) is 16.2. The molecule has 4 rings (SSSR count). The molecule has 8 nitrogen and oxygen atoms in total. The van der Waals surface area contributed by atoms with E-state index in [9.17, 15) is 14.7 Å². The predicted molar refractivity (Wildman–Crippen MR) is 98.6 cm³/mol. The summed E-state index contributed by atoms with van der Waals surface area (Å²) in [6, 6.07) is 7.07. The van der Waals surface area contributed by atoms with Crippen molar-refractivity contribution in [2.75, 3.05) is 0 Å². The molecule has 2 N–H and O–H groups in total. The summed E-state index contributed by atoms with van der Waals surface area (Å²) >= 11 is 0. The number of para-hydroxylation sites is 1. The molecule has 8 heteroatoms. The van der Waals surface area contributed by atoms with E-state index in [4.69, 9.17) is 0 Å². The van der Waals surface area contributed by atoms with Crippen molar-refractivity contribution in [3.05, 3.63) is 51.3 Å². The van der Waals surface area contributed by atoms with Gasteiger partial charge >= 0.3 is 5.69 Å². The lowest BCUT2D eigenvalue weighted by molar-refractivity contribution is 0.476. The smallest absolute Gasteiger partial charge is 0.329 e. The molecular formula is C18H19N5O3. The fourth-order valence-corrected chi connectivity index (χ4v) is 3.24. The monoisotopic (exact) mass is 353 g/mol. The van der Waals surface area contributed by atoms with E-state index in [0.29, 0.717) is 29.0 Å². The lowest BCUT2D eigenvalue weighted by Gasteiger charge is -2.09. The highest BCUT2D eigenvalue weighted by Gasteiger charge is 2.20. The number of hydrogen-bond acceptors (Lipinski definition) is 4. The average Bonchev–Trinajstić information content (AvgIpc) is 3.15. The molecule has 0 amide bonds. The number of unbranched alkanes of at least 4 members (excludes halogenated alkanes) is 1. The van der Waals surface area contributed by atoms with Crippen LogP contribution in [0.25, 0.3) is 28.2 Å². The number of aromatic hydroxyl groups is 1. The van der Waals surface area contributed by atoms with E-state index in [2.05, 4.69) is 16.9 Å². The minimum atomic E-state index is -0.496. The van der Waals surface area contributed by atoms with Gasteiger partial charge in [-0.1, -0.05) is 25.5 Å². The van der Waals surface area contributed by atoms with Gasteiger partial charge in [-0.25, -0.2) is 4.79 Å². The first-order valence-electron chi connectivity index (χ1n) is 8.52. The number of benzene rings is 1. The molecule has 0 fully saturated rings. The van der Waals surface area contributed by atoms with Gasteiger partial charge in [-0.05, 0) is 18.6 Å². The number of aromatic nitrogens is 5. The second kappa shape index (κ2) is 5.91. The molecule has 1 aromatic carbocycles. The number of aromatic amines is 1. The Bertz CT molecular complexity index is 1240. The molecule has 0 saturated heterocycles. The van der Waals surface area contributed by atoms with Crippen LogP contribution in [0.4, 0.5) is 0 Å². The van der Waals surface area contributed by atoms with Crippen molar-refractivity contribution in [3.8, 4) is 17.0 Å². The molecule has 26 heavy (non-hydrogen) atoms. The number of phenols is 1. The maximum Gasteiger partial charge on any atom is 0.329 e. The molecule has 3 aromatic heterocycles. The number of fused-ring (bicyclic) bond motifs is 3. The van der Waals surface area contributed by atoms with Gasteiger partial charge in [0, 0.05) is 25.4 Å². The number of nitrogens with one attached hydrogen (secondary N) is 1. The Morgan fingerprint density at radius 2 is 2.00 bits per heavy atom. The Labute approximate surface area is 148 Å². The standard InChI is InChI=1S/C18H19N5O3/c1-3-4-9-22-12(11-7-5-6-8-13(11)24)10-23-14-15(19-17(22)23)21(2)18(26)20-16(14)25/h5-8,10,24H,3-4,9H2,1-2H3,(H,20,25,26). The van der Waals surface area contributed by atoms with Crippen LogP contribution in [0.15, 0.2) is 40.1 Å². The van der Waals surface area contributed by atoms with Gasteiger partial charge in [0.05, 0.1) is 5.69 Å². The highest BCUT2D eigenvalue weighted by molar-refractivity contribution is 5.79. The third-order valence-electron chi connectivity index (χ3n) is 4.63. The van der Waals surface area contributed by atoms with Crippen LogP contribution in [-0.2, 0) is 13.6 Å². The first-order valence-corrected chi connectivity index (χ1v) is 8.52. The number of aryl methyl sites for hydroxylation is 2. The largest absolute Gasteiger partial charge is 0.507 e. The van der Waals surface area contributed by atoms with Gasteiger partial charge in [-0.2, -0.15) is 4.98 Å². The fourth-order valence-electron chi connectivity index (χ4n) is 3.24. The quantitative estimate of drug-likeness (QED) is 0.585. The van der Waals surface area contributed by atoms with E-state index >= 15 is 0 Å². The molecule has 0 aliphatic heterocycles. The normalized spacial score (nSPS) is 11.6. The van der Waals surface area contributed by atoms with Gasteiger partial charge in [0.15, 0.2) is 11.2 Å². The summed E-state index contributed by atoms with van der Waals surface area (Å²) in [6.07, 6.45) is 3.70. The van der Waals surface area contributed by atoms with Crippen LogP contribution in [0.2, 0.25) is 0 Å². The molecule has 0 bridgehead atoms. The van der Waals surface area contributed by atoms with Gasteiger partial charge in [-0.3, -0.25) is 18.7 Å². The molecule has 0 saturated carbocycles. The van der Waals surface area contributed by atoms with Crippen molar-refractivity contribution >= 4 is 16.9 Å². The van der Waals surface area contributed by atoms with Crippen molar-refractivity contribution in [2.24, 2.45) is 7.05 Å². The van der Waals surface area contributed by atoms with Crippen LogP contribution in [-0.4, -0.2) is 28.6 Å². The van der Waals surface area contributed by atoms with Gasteiger partial charge < -0.3 is 9.67 Å². The zero-order valence-electron chi connectivity index (χ0n) is 14.6. The molecule has 0 unspecified atom stereocenters. The van der Waals surface area contributed by atoms with Crippen LogP contribution in [0.1, 0.15) is 19.8 Å². The summed E-state index contributed by atoms with van der Waals surface area (Å²) < 4.78 is 4.99. The molecular weight excluding hydrogens is 334 g/mol. The van der Waals surface area contributed by atoms with E-state index < -0.39 is 11.2 Å². The van der Waals surface area contributed by atoms with Crippen molar-refractivity contribution < 1.29 is 5.11 Å². The van der Waals surface area contributed by atoms with Crippen molar-refractivity contribution in [2.45, 2.75) is 26.3 Å². The number of imidazole rings is 2. The highest BCUT2D eigenvalue weighted by Crippen LogP contribution is 2.31. The minimum absolute atomic E-state index is 0.164. The summed E-state index contributed by atoms with van der Waals surface area (Å²) in [4.78, 5) is 31.1. The molecule has 0 spiro atoms.